The van der Waals surface area contributed by atoms with Crippen LogP contribution in [0.3, 0.4) is 0 Å². The van der Waals surface area contributed by atoms with Crippen LogP contribution in [0.4, 0.5) is 17.6 Å². The Labute approximate surface area is 224 Å². The van der Waals surface area contributed by atoms with E-state index in [0.29, 0.717) is 4.57 Å². The van der Waals surface area contributed by atoms with Crippen LogP contribution in [0, 0.1) is 6.92 Å². The van der Waals surface area contributed by atoms with Gasteiger partial charge in [-0.2, -0.15) is 18.3 Å². The number of hydrogen-bond acceptors (Lipinski definition) is 9. The number of benzene rings is 1. The molecule has 17 heteroatoms. The van der Waals surface area contributed by atoms with Crippen molar-refractivity contribution in [2.75, 3.05) is 6.61 Å². The van der Waals surface area contributed by atoms with E-state index < -0.39 is 74.0 Å². The minimum atomic E-state index is -5.55. The molecule has 0 amide bonds. The second-order valence-corrected chi connectivity index (χ2v) is 11.0. The number of para-hydroxylation sites is 1. The third kappa shape index (κ3) is 6.63. The van der Waals surface area contributed by atoms with Crippen LogP contribution in [0.15, 0.2) is 46.1 Å². The van der Waals surface area contributed by atoms with Gasteiger partial charge in [0, 0.05) is 11.8 Å². The Balaban J connectivity index is 1.97. The Morgan fingerprint density at radius 3 is 2.45 bits per heavy atom. The minimum Gasteiger partial charge on any atom is -0.462 e. The Morgan fingerprint density at radius 1 is 1.25 bits per heavy atom. The van der Waals surface area contributed by atoms with Crippen molar-refractivity contribution in [3.05, 3.63) is 62.9 Å². The lowest BCUT2D eigenvalue weighted by molar-refractivity contribution is -0.304. The van der Waals surface area contributed by atoms with Gasteiger partial charge in [0.25, 0.3) is 5.56 Å². The summed E-state index contributed by atoms with van der Waals surface area (Å²) in [5.41, 5.74) is -6.18. The summed E-state index contributed by atoms with van der Waals surface area (Å²) in [6, 6.07) is 5.66. The van der Waals surface area contributed by atoms with Crippen molar-refractivity contribution in [1.29, 1.82) is 0 Å². The number of aromatic amines is 1. The fourth-order valence-electron chi connectivity index (χ4n) is 3.70. The van der Waals surface area contributed by atoms with E-state index in [1.165, 1.54) is 52.0 Å². The molecule has 1 aromatic carbocycles. The zero-order valence-corrected chi connectivity index (χ0v) is 22.6. The molecule has 2 aromatic rings. The zero-order chi connectivity index (χ0) is 30.0. The topological polar surface area (TPSA) is 158 Å². The number of ether oxygens (including phenoxy) is 2. The number of aliphatic hydroxyl groups is 1. The summed E-state index contributed by atoms with van der Waals surface area (Å²) in [6.07, 6.45) is -13.6. The number of aromatic nitrogens is 2. The molecule has 3 N–H and O–H groups in total. The summed E-state index contributed by atoms with van der Waals surface area (Å²) in [5.74, 6) is -1.07. The molecule has 1 aliphatic rings. The van der Waals surface area contributed by atoms with Crippen LogP contribution in [-0.2, 0) is 23.4 Å². The lowest BCUT2D eigenvalue weighted by Crippen LogP contribution is -2.57. The van der Waals surface area contributed by atoms with Gasteiger partial charge in [-0.25, -0.2) is 13.8 Å². The lowest BCUT2D eigenvalue weighted by atomic mass is 9.96. The van der Waals surface area contributed by atoms with Crippen LogP contribution in [0.5, 0.6) is 5.75 Å². The van der Waals surface area contributed by atoms with Gasteiger partial charge in [0.2, 0.25) is 5.60 Å². The van der Waals surface area contributed by atoms with E-state index in [1.807, 2.05) is 4.98 Å². The first-order chi connectivity index (χ1) is 18.5. The third-order valence-corrected chi connectivity index (χ3v) is 7.38. The van der Waals surface area contributed by atoms with Crippen LogP contribution in [-0.4, -0.2) is 63.4 Å². The first-order valence-corrected chi connectivity index (χ1v) is 13.4. The number of aryl methyl sites for hydroxylation is 1. The molecule has 12 nitrogen and oxygen atoms in total. The normalized spacial score (nSPS) is 25.4. The number of hydrogen-bond donors (Lipinski definition) is 3. The molecule has 0 saturated carbocycles. The average molecular weight is 597 g/mol. The summed E-state index contributed by atoms with van der Waals surface area (Å²) in [7, 11) is -4.90. The van der Waals surface area contributed by atoms with Gasteiger partial charge in [-0.1, -0.05) is 18.2 Å². The van der Waals surface area contributed by atoms with Gasteiger partial charge in [0.15, 0.2) is 12.4 Å². The van der Waals surface area contributed by atoms with E-state index in [4.69, 9.17) is 18.5 Å². The van der Waals surface area contributed by atoms with Gasteiger partial charge in [-0.05, 0) is 39.8 Å². The highest BCUT2D eigenvalue weighted by molar-refractivity contribution is 7.52. The first-order valence-electron chi connectivity index (χ1n) is 11.9. The molecule has 0 aliphatic carbocycles. The zero-order valence-electron chi connectivity index (χ0n) is 21.7. The molecule has 3 rings (SSSR count). The largest absolute Gasteiger partial charge is 0.462 e. The first kappa shape index (κ1) is 31.5. The van der Waals surface area contributed by atoms with E-state index in [1.54, 1.807) is 6.07 Å². The maximum Gasteiger partial charge on any atom is 0.459 e. The molecule has 1 unspecified atom stereocenters. The predicted molar refractivity (Wildman–Crippen MR) is 130 cm³/mol. The smallest absolute Gasteiger partial charge is 0.459 e. The number of carbonyl (C=O) groups excluding carboxylic acids is 1. The summed E-state index contributed by atoms with van der Waals surface area (Å²) < 4.78 is 92.6. The number of H-pyrrole nitrogens is 1. The molecule has 6 atom stereocenters. The van der Waals surface area contributed by atoms with Crippen molar-refractivity contribution < 1.29 is 50.5 Å². The second kappa shape index (κ2) is 11.8. The Kier molecular flexibility index (Phi) is 9.31. The highest BCUT2D eigenvalue weighted by atomic mass is 31.2. The molecule has 0 spiro atoms. The molecule has 1 aliphatic heterocycles. The number of alkyl halides is 4. The standard InChI is InChI=1S/C23H28F4N3O9P/c1-12(2)37-20(33)14(4)29-40(35,39-15-8-6-5-7-9-15)36-11-22(23(25,26)27)17(31)16(24)19(38-22)30-10-13(3)18(32)28-21(30)34/h5-10,12,14,16-17,19,31H,11H2,1-4H3,(H,29,35)(H,28,32,34)/t14-,16-,17-,19+,22+,40?/m0/s1. The number of esters is 1. The number of aliphatic hydroxyl groups excluding tert-OH is 1. The predicted octanol–water partition coefficient (Wildman–Crippen LogP) is 2.51. The van der Waals surface area contributed by atoms with E-state index in [2.05, 4.69) is 5.09 Å². The van der Waals surface area contributed by atoms with Crippen molar-refractivity contribution >= 4 is 13.7 Å². The van der Waals surface area contributed by atoms with E-state index >= 15 is 4.39 Å². The van der Waals surface area contributed by atoms with Gasteiger partial charge in [0.05, 0.1) is 12.7 Å². The highest BCUT2D eigenvalue weighted by Gasteiger charge is 2.70. The third-order valence-electron chi connectivity index (χ3n) is 5.76. The quantitative estimate of drug-likeness (QED) is 0.211. The van der Waals surface area contributed by atoms with Crippen LogP contribution in [0.2, 0.25) is 0 Å². The van der Waals surface area contributed by atoms with Crippen molar-refractivity contribution in [2.45, 2.75) is 70.1 Å². The maximum absolute atomic E-state index is 15.1. The van der Waals surface area contributed by atoms with Gasteiger partial charge in [-0.3, -0.25) is 23.7 Å². The van der Waals surface area contributed by atoms with Gasteiger partial charge < -0.3 is 19.1 Å². The number of rotatable bonds is 10. The average Bonchev–Trinajstić information content (AvgIpc) is 3.11. The summed E-state index contributed by atoms with van der Waals surface area (Å²) >= 11 is 0. The van der Waals surface area contributed by atoms with Crippen molar-refractivity contribution in [2.24, 2.45) is 0 Å². The Hall–Kier alpha value is -3.04. The fraction of sp³-hybridized carbons (Fsp3) is 0.522. The molecule has 40 heavy (non-hydrogen) atoms. The van der Waals surface area contributed by atoms with Gasteiger partial charge in [0.1, 0.15) is 17.9 Å². The number of halogens is 4. The minimum absolute atomic E-state index is 0.131. The van der Waals surface area contributed by atoms with Crippen molar-refractivity contribution in [1.82, 2.24) is 14.6 Å². The molecular formula is C23H28F4N3O9P. The van der Waals surface area contributed by atoms with Crippen LogP contribution in [0.25, 0.3) is 0 Å². The molecule has 222 valence electrons. The molecule has 1 aromatic heterocycles. The molecule has 1 fully saturated rings. The maximum atomic E-state index is 15.1. The summed E-state index contributed by atoms with van der Waals surface area (Å²) in [4.78, 5) is 38.0. The Bertz CT molecular complexity index is 1370. The molecule has 1 saturated heterocycles. The monoisotopic (exact) mass is 597 g/mol. The number of carbonyl (C=O) groups is 1. The SMILES string of the molecule is Cc1cn([C@@H]2O[C@@](COP(=O)(N[C@@H](C)C(=O)OC(C)C)Oc3ccccc3)(C(F)(F)F)[C@@H](O)[C@@H]2F)c(=O)[nH]c1=O. The van der Waals surface area contributed by atoms with E-state index in [9.17, 15) is 37.2 Å². The highest BCUT2D eigenvalue weighted by Crippen LogP contribution is 2.52. The van der Waals surface area contributed by atoms with Crippen molar-refractivity contribution in [3.8, 4) is 5.75 Å². The molecule has 2 heterocycles. The lowest BCUT2D eigenvalue weighted by Gasteiger charge is -2.34. The van der Waals surface area contributed by atoms with Crippen LogP contribution < -0.4 is 20.9 Å². The van der Waals surface area contributed by atoms with Crippen molar-refractivity contribution in [3.63, 3.8) is 0 Å². The van der Waals surface area contributed by atoms with E-state index in [0.717, 1.165) is 6.20 Å². The van der Waals surface area contributed by atoms with Crippen LogP contribution >= 0.6 is 7.75 Å². The number of nitrogens with one attached hydrogen (secondary N) is 2. The summed E-state index contributed by atoms with van der Waals surface area (Å²) in [5, 5.41) is 12.6. The van der Waals surface area contributed by atoms with Gasteiger partial charge >= 0.3 is 25.6 Å². The summed E-state index contributed by atoms with van der Waals surface area (Å²) in [6.45, 7) is 3.67. The number of nitrogens with zero attached hydrogens (tertiary/aromatic N) is 1. The fourth-order valence-corrected chi connectivity index (χ4v) is 5.22. The second-order valence-electron chi connectivity index (χ2n) is 9.28. The molecule has 0 bridgehead atoms. The van der Waals surface area contributed by atoms with E-state index in [-0.39, 0.29) is 11.3 Å². The molecule has 0 radical (unpaired) electrons. The molecular weight excluding hydrogens is 569 g/mol. The van der Waals surface area contributed by atoms with Crippen LogP contribution in [0.1, 0.15) is 32.6 Å². The Morgan fingerprint density at radius 2 is 1.88 bits per heavy atom. The van der Waals surface area contributed by atoms with Gasteiger partial charge in [-0.15, -0.1) is 0 Å².